The molecule has 0 fully saturated rings. The first-order valence-electron chi connectivity index (χ1n) is 5.82. The van der Waals surface area contributed by atoms with Crippen LogP contribution in [0.25, 0.3) is 0 Å². The summed E-state index contributed by atoms with van der Waals surface area (Å²) >= 11 is 1.72. The molecule has 1 N–H and O–H groups in total. The number of anilines is 1. The second kappa shape index (κ2) is 6.42. The van der Waals surface area contributed by atoms with Crippen LogP contribution in [0.1, 0.15) is 12.0 Å². The van der Waals surface area contributed by atoms with Crippen LogP contribution in [0.3, 0.4) is 0 Å². The highest BCUT2D eigenvalue weighted by Gasteiger charge is 2.06. The monoisotopic (exact) mass is 247 g/mol. The molecule has 2 aromatic rings. The summed E-state index contributed by atoms with van der Waals surface area (Å²) in [6.07, 6.45) is 0.805. The Kier molecular flexibility index (Phi) is 4.59. The van der Waals surface area contributed by atoms with Gasteiger partial charge >= 0.3 is 0 Å². The molecule has 0 spiro atoms. The van der Waals surface area contributed by atoms with Gasteiger partial charge in [0.2, 0.25) is 0 Å². The number of rotatable bonds is 6. The summed E-state index contributed by atoms with van der Waals surface area (Å²) in [5, 5.41) is 13.2. The molecular weight excluding hydrogens is 230 g/mol. The fraction of sp³-hybridized carbons (Fsp3) is 0.286. The van der Waals surface area contributed by atoms with E-state index in [1.165, 1.54) is 11.3 Å². The number of hydrogen-bond donors (Lipinski definition) is 1. The lowest BCUT2D eigenvalue weighted by molar-refractivity contribution is 0.289. The standard InChI is InChI=1S/C14H17NOS/c16-9-4-8-15(11-13-7-10-17-12-13)14-5-2-1-3-6-14/h1-3,5-7,10,12,16H,4,8-9,11H2. The molecule has 0 saturated heterocycles. The lowest BCUT2D eigenvalue weighted by atomic mass is 10.2. The van der Waals surface area contributed by atoms with Gasteiger partial charge in [-0.2, -0.15) is 11.3 Å². The lowest BCUT2D eigenvalue weighted by Gasteiger charge is -2.24. The van der Waals surface area contributed by atoms with E-state index in [0.29, 0.717) is 0 Å². The Morgan fingerprint density at radius 2 is 1.94 bits per heavy atom. The molecule has 90 valence electrons. The molecular formula is C14H17NOS. The quantitative estimate of drug-likeness (QED) is 0.847. The first-order valence-corrected chi connectivity index (χ1v) is 6.76. The van der Waals surface area contributed by atoms with E-state index in [1.54, 1.807) is 11.3 Å². The number of nitrogens with zero attached hydrogens (tertiary/aromatic N) is 1. The van der Waals surface area contributed by atoms with Gasteiger partial charge in [-0.3, -0.25) is 0 Å². The molecule has 1 heterocycles. The molecule has 0 radical (unpaired) electrons. The zero-order chi connectivity index (χ0) is 11.9. The molecule has 0 unspecified atom stereocenters. The van der Waals surface area contributed by atoms with Crippen molar-refractivity contribution >= 4 is 17.0 Å². The fourth-order valence-electron chi connectivity index (χ4n) is 1.80. The Balaban J connectivity index is 2.08. The van der Waals surface area contributed by atoms with E-state index < -0.39 is 0 Å². The highest BCUT2D eigenvalue weighted by atomic mass is 32.1. The van der Waals surface area contributed by atoms with Crippen molar-refractivity contribution in [3.63, 3.8) is 0 Å². The van der Waals surface area contributed by atoms with Gasteiger partial charge in [0.1, 0.15) is 0 Å². The van der Waals surface area contributed by atoms with Gasteiger partial charge in [0, 0.05) is 25.4 Å². The lowest BCUT2D eigenvalue weighted by Crippen LogP contribution is -2.24. The van der Waals surface area contributed by atoms with Crippen LogP contribution >= 0.6 is 11.3 Å². The molecule has 0 saturated carbocycles. The molecule has 0 aliphatic carbocycles. The van der Waals surface area contributed by atoms with E-state index in [9.17, 15) is 0 Å². The number of aliphatic hydroxyl groups excluding tert-OH is 1. The van der Waals surface area contributed by atoms with Crippen molar-refractivity contribution < 1.29 is 5.11 Å². The van der Waals surface area contributed by atoms with Crippen LogP contribution in [0.15, 0.2) is 47.2 Å². The molecule has 17 heavy (non-hydrogen) atoms. The topological polar surface area (TPSA) is 23.5 Å². The molecule has 3 heteroatoms. The molecule has 0 aliphatic rings. The van der Waals surface area contributed by atoms with Crippen molar-refractivity contribution in [1.29, 1.82) is 0 Å². The van der Waals surface area contributed by atoms with E-state index in [1.807, 2.05) is 6.07 Å². The average Bonchev–Trinajstić information content (AvgIpc) is 2.88. The van der Waals surface area contributed by atoms with Crippen molar-refractivity contribution in [2.45, 2.75) is 13.0 Å². The van der Waals surface area contributed by atoms with E-state index >= 15 is 0 Å². The number of aliphatic hydroxyl groups is 1. The van der Waals surface area contributed by atoms with Gasteiger partial charge < -0.3 is 10.0 Å². The SMILES string of the molecule is OCCCN(Cc1ccsc1)c1ccccc1. The van der Waals surface area contributed by atoms with E-state index in [-0.39, 0.29) is 6.61 Å². The minimum absolute atomic E-state index is 0.243. The Bertz CT molecular complexity index is 413. The van der Waals surface area contributed by atoms with Gasteiger partial charge in [0.15, 0.2) is 0 Å². The fourth-order valence-corrected chi connectivity index (χ4v) is 2.46. The van der Waals surface area contributed by atoms with Gasteiger partial charge in [-0.1, -0.05) is 18.2 Å². The predicted octanol–water partition coefficient (Wildman–Crippen LogP) is 3.14. The number of para-hydroxylation sites is 1. The smallest absolute Gasteiger partial charge is 0.0447 e. The maximum atomic E-state index is 8.96. The summed E-state index contributed by atoms with van der Waals surface area (Å²) in [6, 6.07) is 12.5. The van der Waals surface area contributed by atoms with E-state index in [2.05, 4.69) is 46.0 Å². The molecule has 1 aromatic heterocycles. The van der Waals surface area contributed by atoms with Crippen LogP contribution in [0.5, 0.6) is 0 Å². The summed E-state index contributed by atoms with van der Waals surface area (Å²) in [5.74, 6) is 0. The molecule has 2 nitrogen and oxygen atoms in total. The van der Waals surface area contributed by atoms with Crippen LogP contribution in [0, 0.1) is 0 Å². The average molecular weight is 247 g/mol. The van der Waals surface area contributed by atoms with Crippen molar-refractivity contribution in [2.75, 3.05) is 18.1 Å². The first kappa shape index (κ1) is 12.1. The maximum absolute atomic E-state index is 8.96. The van der Waals surface area contributed by atoms with Gasteiger partial charge in [-0.25, -0.2) is 0 Å². The third kappa shape index (κ3) is 3.58. The molecule has 0 atom stereocenters. The van der Waals surface area contributed by atoms with Crippen LogP contribution in [0.2, 0.25) is 0 Å². The normalized spacial score (nSPS) is 10.4. The Morgan fingerprint density at radius 3 is 2.59 bits per heavy atom. The highest BCUT2D eigenvalue weighted by Crippen LogP contribution is 2.18. The second-order valence-corrected chi connectivity index (χ2v) is 4.75. The Morgan fingerprint density at radius 1 is 1.12 bits per heavy atom. The maximum Gasteiger partial charge on any atom is 0.0447 e. The van der Waals surface area contributed by atoms with Crippen LogP contribution in [-0.2, 0) is 6.54 Å². The van der Waals surface area contributed by atoms with Gasteiger partial charge in [0.05, 0.1) is 0 Å². The summed E-state index contributed by atoms with van der Waals surface area (Å²) < 4.78 is 0. The van der Waals surface area contributed by atoms with Crippen LogP contribution in [-0.4, -0.2) is 18.3 Å². The minimum Gasteiger partial charge on any atom is -0.396 e. The van der Waals surface area contributed by atoms with Crippen molar-refractivity contribution in [1.82, 2.24) is 0 Å². The van der Waals surface area contributed by atoms with Crippen LogP contribution in [0.4, 0.5) is 5.69 Å². The molecule has 0 aliphatic heterocycles. The summed E-state index contributed by atoms with van der Waals surface area (Å²) in [5.41, 5.74) is 2.55. The summed E-state index contributed by atoms with van der Waals surface area (Å²) in [6.45, 7) is 2.04. The van der Waals surface area contributed by atoms with Crippen molar-refractivity contribution in [3.8, 4) is 0 Å². The number of benzene rings is 1. The predicted molar refractivity (Wildman–Crippen MR) is 73.5 cm³/mol. The third-order valence-electron chi connectivity index (χ3n) is 2.66. The molecule has 1 aromatic carbocycles. The first-order chi connectivity index (χ1) is 8.40. The van der Waals surface area contributed by atoms with Gasteiger partial charge in [-0.05, 0) is 40.9 Å². The zero-order valence-electron chi connectivity index (χ0n) is 9.75. The molecule has 2 rings (SSSR count). The number of thiophene rings is 1. The zero-order valence-corrected chi connectivity index (χ0v) is 10.6. The molecule has 0 amide bonds. The van der Waals surface area contributed by atoms with Gasteiger partial charge in [0.25, 0.3) is 0 Å². The third-order valence-corrected chi connectivity index (χ3v) is 3.39. The highest BCUT2D eigenvalue weighted by molar-refractivity contribution is 7.07. The second-order valence-electron chi connectivity index (χ2n) is 3.97. The van der Waals surface area contributed by atoms with Gasteiger partial charge in [-0.15, -0.1) is 0 Å². The van der Waals surface area contributed by atoms with Crippen molar-refractivity contribution in [2.24, 2.45) is 0 Å². The van der Waals surface area contributed by atoms with E-state index in [4.69, 9.17) is 5.11 Å². The van der Waals surface area contributed by atoms with E-state index in [0.717, 1.165) is 19.5 Å². The number of hydrogen-bond acceptors (Lipinski definition) is 3. The molecule has 0 bridgehead atoms. The van der Waals surface area contributed by atoms with Crippen LogP contribution < -0.4 is 4.90 Å². The minimum atomic E-state index is 0.243. The summed E-state index contributed by atoms with van der Waals surface area (Å²) in [4.78, 5) is 2.30. The summed E-state index contributed by atoms with van der Waals surface area (Å²) in [7, 11) is 0. The largest absolute Gasteiger partial charge is 0.396 e. The Labute approximate surface area is 106 Å². The van der Waals surface area contributed by atoms with Crippen molar-refractivity contribution in [3.05, 3.63) is 52.7 Å². The Hall–Kier alpha value is -1.32.